The molecule has 6 nitrogen and oxygen atoms in total. The maximum Gasteiger partial charge on any atom is 0.138 e. The Labute approximate surface area is 166 Å². The highest BCUT2D eigenvalue weighted by Crippen LogP contribution is 2.37. The molecule has 7 heteroatoms. The lowest BCUT2D eigenvalue weighted by molar-refractivity contribution is 0.266. The van der Waals surface area contributed by atoms with Crippen molar-refractivity contribution in [2.45, 2.75) is 31.8 Å². The number of thiophene rings is 1. The maximum absolute atomic E-state index is 9.26. The van der Waals surface area contributed by atoms with Gasteiger partial charge in [0.05, 0.1) is 30.8 Å². The highest BCUT2D eigenvalue weighted by atomic mass is 32.1. The summed E-state index contributed by atoms with van der Waals surface area (Å²) in [7, 11) is 0. The smallest absolute Gasteiger partial charge is 0.138 e. The minimum atomic E-state index is 0.107. The van der Waals surface area contributed by atoms with E-state index >= 15 is 0 Å². The standard InChI is InChI=1S/C21H21N5OS/c27-10-9-26-18-8-4-7-17(16(18)12-24-26)25-20-15-11-19(14-5-2-1-3-6-14)28-21(15)23-13-22-20/h1-3,5-6,11-13,17,27H,4,7-10H2,(H,22,23,25). The molecule has 0 radical (unpaired) electrons. The van der Waals surface area contributed by atoms with Crippen LogP contribution in [0.25, 0.3) is 20.7 Å². The third-order valence-corrected chi connectivity index (χ3v) is 6.37. The van der Waals surface area contributed by atoms with Crippen LogP contribution in [0.4, 0.5) is 5.82 Å². The fourth-order valence-electron chi connectivity index (χ4n) is 3.94. The van der Waals surface area contributed by atoms with E-state index in [1.807, 2.05) is 16.9 Å². The van der Waals surface area contributed by atoms with E-state index < -0.39 is 0 Å². The molecular weight excluding hydrogens is 370 g/mol. The topological polar surface area (TPSA) is 75.9 Å². The first kappa shape index (κ1) is 17.3. The monoisotopic (exact) mass is 391 g/mol. The van der Waals surface area contributed by atoms with Gasteiger partial charge in [0.2, 0.25) is 0 Å². The summed E-state index contributed by atoms with van der Waals surface area (Å²) in [6, 6.07) is 12.7. The second kappa shape index (κ2) is 7.33. The molecule has 28 heavy (non-hydrogen) atoms. The van der Waals surface area contributed by atoms with Crippen LogP contribution in [0.15, 0.2) is 48.9 Å². The molecule has 1 aromatic carbocycles. The second-order valence-corrected chi connectivity index (χ2v) is 8.03. The summed E-state index contributed by atoms with van der Waals surface area (Å²) in [5.41, 5.74) is 3.63. The number of aliphatic hydroxyl groups excluding tert-OH is 1. The molecule has 1 atom stereocenters. The van der Waals surface area contributed by atoms with Gasteiger partial charge in [-0.15, -0.1) is 11.3 Å². The Morgan fingerprint density at radius 3 is 2.96 bits per heavy atom. The van der Waals surface area contributed by atoms with E-state index in [9.17, 15) is 5.11 Å². The number of hydrogen-bond donors (Lipinski definition) is 2. The lowest BCUT2D eigenvalue weighted by Crippen LogP contribution is -2.19. The van der Waals surface area contributed by atoms with Gasteiger partial charge in [0.25, 0.3) is 0 Å². The number of fused-ring (bicyclic) bond motifs is 2. The van der Waals surface area contributed by atoms with Gasteiger partial charge in [-0.3, -0.25) is 4.68 Å². The van der Waals surface area contributed by atoms with Crippen LogP contribution in [0.1, 0.15) is 30.1 Å². The van der Waals surface area contributed by atoms with Gasteiger partial charge in [-0.25, -0.2) is 9.97 Å². The molecule has 0 saturated heterocycles. The maximum atomic E-state index is 9.26. The van der Waals surface area contributed by atoms with E-state index in [1.165, 1.54) is 21.7 Å². The Morgan fingerprint density at radius 2 is 2.11 bits per heavy atom. The number of nitrogens with zero attached hydrogens (tertiary/aromatic N) is 4. The van der Waals surface area contributed by atoms with Crippen molar-refractivity contribution < 1.29 is 5.11 Å². The van der Waals surface area contributed by atoms with Crippen molar-refractivity contribution in [3.63, 3.8) is 0 Å². The summed E-state index contributed by atoms with van der Waals surface area (Å²) in [6.07, 6.45) is 6.70. The number of aromatic nitrogens is 4. The quantitative estimate of drug-likeness (QED) is 0.537. The summed E-state index contributed by atoms with van der Waals surface area (Å²) in [6.45, 7) is 0.653. The Bertz CT molecular complexity index is 1100. The molecule has 3 aromatic heterocycles. The SMILES string of the molecule is OCCn1ncc2c1CCCC2Nc1ncnc2sc(-c3ccccc3)cc12. The molecule has 1 aliphatic carbocycles. The number of benzene rings is 1. The average Bonchev–Trinajstić information content (AvgIpc) is 3.35. The summed E-state index contributed by atoms with van der Waals surface area (Å²) < 4.78 is 1.93. The van der Waals surface area contributed by atoms with Gasteiger partial charge in [-0.1, -0.05) is 30.3 Å². The number of nitrogens with one attached hydrogen (secondary N) is 1. The molecular formula is C21H21N5OS. The van der Waals surface area contributed by atoms with Gasteiger partial charge >= 0.3 is 0 Å². The van der Waals surface area contributed by atoms with Gasteiger partial charge < -0.3 is 10.4 Å². The Hall–Kier alpha value is -2.77. The fourth-order valence-corrected chi connectivity index (χ4v) is 4.94. The van der Waals surface area contributed by atoms with Crippen molar-refractivity contribution in [1.82, 2.24) is 19.7 Å². The van der Waals surface area contributed by atoms with Crippen LogP contribution >= 0.6 is 11.3 Å². The van der Waals surface area contributed by atoms with E-state index in [1.54, 1.807) is 17.7 Å². The minimum absolute atomic E-state index is 0.107. The van der Waals surface area contributed by atoms with Crippen LogP contribution in [0.3, 0.4) is 0 Å². The van der Waals surface area contributed by atoms with Crippen LogP contribution in [0, 0.1) is 0 Å². The largest absolute Gasteiger partial charge is 0.394 e. The zero-order valence-electron chi connectivity index (χ0n) is 15.4. The second-order valence-electron chi connectivity index (χ2n) is 7.00. The number of hydrogen-bond acceptors (Lipinski definition) is 6. The summed E-state index contributed by atoms with van der Waals surface area (Å²) >= 11 is 1.69. The van der Waals surface area contributed by atoms with Crippen LogP contribution in [-0.4, -0.2) is 31.5 Å². The van der Waals surface area contributed by atoms with Gasteiger partial charge in [0.15, 0.2) is 0 Å². The Morgan fingerprint density at radius 1 is 1.21 bits per heavy atom. The average molecular weight is 392 g/mol. The number of rotatable bonds is 5. The predicted molar refractivity (Wildman–Crippen MR) is 111 cm³/mol. The fraction of sp³-hybridized carbons (Fsp3) is 0.286. The van der Waals surface area contributed by atoms with Crippen molar-refractivity contribution in [1.29, 1.82) is 0 Å². The molecule has 142 valence electrons. The highest BCUT2D eigenvalue weighted by molar-refractivity contribution is 7.21. The van der Waals surface area contributed by atoms with Crippen molar-refractivity contribution in [2.24, 2.45) is 0 Å². The molecule has 0 fully saturated rings. The molecule has 0 spiro atoms. The molecule has 2 N–H and O–H groups in total. The van der Waals surface area contributed by atoms with Gasteiger partial charge in [-0.2, -0.15) is 5.10 Å². The summed E-state index contributed by atoms with van der Waals surface area (Å²) in [5, 5.41) is 18.4. The zero-order valence-corrected chi connectivity index (χ0v) is 16.2. The molecule has 1 unspecified atom stereocenters. The van der Waals surface area contributed by atoms with Crippen LogP contribution in [0.2, 0.25) is 0 Å². The highest BCUT2D eigenvalue weighted by Gasteiger charge is 2.25. The Balaban J connectivity index is 1.49. The molecule has 0 saturated carbocycles. The molecule has 4 aromatic rings. The molecule has 1 aliphatic rings. The first-order valence-corrected chi connectivity index (χ1v) is 10.4. The van der Waals surface area contributed by atoms with Crippen molar-refractivity contribution >= 4 is 27.4 Å². The minimum Gasteiger partial charge on any atom is -0.394 e. The first-order chi connectivity index (χ1) is 13.8. The number of anilines is 1. The van der Waals surface area contributed by atoms with Gasteiger partial charge in [0.1, 0.15) is 17.0 Å². The lowest BCUT2D eigenvalue weighted by atomic mass is 9.93. The van der Waals surface area contributed by atoms with Crippen LogP contribution in [-0.2, 0) is 13.0 Å². The molecule has 3 heterocycles. The summed E-state index contributed by atoms with van der Waals surface area (Å²) in [4.78, 5) is 11.2. The van der Waals surface area contributed by atoms with E-state index in [2.05, 4.69) is 50.7 Å². The molecule has 0 amide bonds. The van der Waals surface area contributed by atoms with Crippen molar-refractivity contribution in [3.8, 4) is 10.4 Å². The number of aliphatic hydroxyl groups is 1. The summed E-state index contributed by atoms with van der Waals surface area (Å²) in [5.74, 6) is 0.871. The normalized spacial score (nSPS) is 16.2. The van der Waals surface area contributed by atoms with E-state index in [-0.39, 0.29) is 12.6 Å². The molecule has 5 rings (SSSR count). The zero-order chi connectivity index (χ0) is 18.9. The Kier molecular flexibility index (Phi) is 4.54. The predicted octanol–water partition coefficient (Wildman–Crippen LogP) is 4.04. The van der Waals surface area contributed by atoms with E-state index in [4.69, 9.17) is 0 Å². The first-order valence-electron chi connectivity index (χ1n) is 9.55. The third kappa shape index (κ3) is 3.06. The van der Waals surface area contributed by atoms with Crippen LogP contribution in [0.5, 0.6) is 0 Å². The molecule has 0 aliphatic heterocycles. The molecule has 0 bridgehead atoms. The lowest BCUT2D eigenvalue weighted by Gasteiger charge is -2.24. The van der Waals surface area contributed by atoms with E-state index in [0.717, 1.165) is 35.3 Å². The van der Waals surface area contributed by atoms with Crippen molar-refractivity contribution in [2.75, 3.05) is 11.9 Å². The van der Waals surface area contributed by atoms with Crippen molar-refractivity contribution in [3.05, 3.63) is 60.2 Å². The van der Waals surface area contributed by atoms with Gasteiger partial charge in [-0.05, 0) is 30.9 Å². The van der Waals surface area contributed by atoms with E-state index in [0.29, 0.717) is 6.54 Å². The van der Waals surface area contributed by atoms with Gasteiger partial charge in [0, 0.05) is 16.1 Å². The van der Waals surface area contributed by atoms with Crippen LogP contribution < -0.4 is 5.32 Å². The third-order valence-electron chi connectivity index (χ3n) is 5.27.